The van der Waals surface area contributed by atoms with Gasteiger partial charge in [0.25, 0.3) is 5.56 Å². The van der Waals surface area contributed by atoms with E-state index >= 15 is 0 Å². The van der Waals surface area contributed by atoms with Crippen LogP contribution in [-0.2, 0) is 0 Å². The molecule has 0 unspecified atom stereocenters. The zero-order chi connectivity index (χ0) is 6.85. The Balaban J connectivity index is 0.000000810. The molecule has 5 heteroatoms. The molecule has 0 saturated carbocycles. The van der Waals surface area contributed by atoms with Crippen molar-refractivity contribution in [1.29, 1.82) is 0 Å². The van der Waals surface area contributed by atoms with Gasteiger partial charge < -0.3 is 4.98 Å². The third-order valence-electron chi connectivity index (χ3n) is 0.774. The van der Waals surface area contributed by atoms with Crippen LogP contribution < -0.4 is 11.2 Å². The summed E-state index contributed by atoms with van der Waals surface area (Å²) in [5.41, 5.74) is -1.71. The first-order valence-corrected chi connectivity index (χ1v) is 2.17. The Kier molecular flexibility index (Phi) is 1.18. The number of hydrogen-bond acceptors (Lipinski definition) is 2. The summed E-state index contributed by atoms with van der Waals surface area (Å²) in [7, 11) is 0. The fourth-order valence-electron chi connectivity index (χ4n) is 0.393. The monoisotopic (exact) mass is 131 g/mol. The van der Waals surface area contributed by atoms with Gasteiger partial charge in [-0.1, -0.05) is 0 Å². The molecule has 0 amide bonds. The second-order valence-electron chi connectivity index (χ2n) is 1.42. The minimum Gasteiger partial charge on any atom is -0.311 e. The Morgan fingerprint density at radius 3 is 2.67 bits per heavy atom. The lowest BCUT2D eigenvalue weighted by molar-refractivity contribution is 0.597. The normalized spacial score (nSPS) is 9.44. The van der Waals surface area contributed by atoms with Gasteiger partial charge in [0.15, 0.2) is 0 Å². The quantitative estimate of drug-likeness (QED) is 0.489. The zero-order valence-electron chi connectivity index (χ0n) is 5.27. The van der Waals surface area contributed by atoms with Gasteiger partial charge in [-0.05, 0) is 0 Å². The van der Waals surface area contributed by atoms with Crippen LogP contribution in [0.1, 0.15) is 1.43 Å². The number of aromatic nitrogens is 2. The number of halogens is 1. The Hall–Kier alpha value is -1.39. The standard InChI is InChI=1S/C4H3FN2O2/c5-2-1-6-4(9)7-3(2)8/h1H,(H2,6,7,8,9)/p+1. The van der Waals surface area contributed by atoms with Gasteiger partial charge in [0, 0.05) is 6.20 Å². The molecule has 0 aliphatic rings. The van der Waals surface area contributed by atoms with E-state index in [4.69, 9.17) is 0 Å². The minimum atomic E-state index is -1.00. The zero-order valence-corrected chi connectivity index (χ0v) is 4.27. The summed E-state index contributed by atoms with van der Waals surface area (Å²) < 4.78 is 12.0. The highest BCUT2D eigenvalue weighted by Gasteiger charge is 1.93. The Morgan fingerprint density at radius 2 is 2.22 bits per heavy atom. The molecule has 0 bridgehead atoms. The number of nitrogens with one attached hydrogen (secondary N) is 2. The summed E-state index contributed by atoms with van der Waals surface area (Å²) in [5, 5.41) is 0. The maximum Gasteiger partial charge on any atom is 1.00 e. The Labute approximate surface area is 49.8 Å². The molecule has 0 saturated heterocycles. The van der Waals surface area contributed by atoms with Crippen molar-refractivity contribution >= 4 is 0 Å². The summed E-state index contributed by atoms with van der Waals surface area (Å²) in [6.45, 7) is 0. The second-order valence-corrected chi connectivity index (χ2v) is 1.42. The molecule has 0 fully saturated rings. The topological polar surface area (TPSA) is 65.7 Å². The maximum absolute atomic E-state index is 12.0. The largest absolute Gasteiger partial charge is 1.00 e. The first kappa shape index (κ1) is 5.74. The SMILES string of the molecule is O=c1[nH]cc(F)c(=O)[nH]1.[H+]. The van der Waals surface area contributed by atoms with E-state index in [2.05, 4.69) is 0 Å². The highest BCUT2D eigenvalue weighted by molar-refractivity contribution is 4.83. The molecule has 0 spiro atoms. The van der Waals surface area contributed by atoms with E-state index in [1.807, 2.05) is 4.98 Å². The predicted molar refractivity (Wildman–Crippen MR) is 28.8 cm³/mol. The smallest absolute Gasteiger partial charge is 0.311 e. The molecule has 1 heterocycles. The number of rotatable bonds is 0. The predicted octanol–water partition coefficient (Wildman–Crippen LogP) is -0.685. The van der Waals surface area contributed by atoms with Crippen molar-refractivity contribution in [2.75, 3.05) is 0 Å². The van der Waals surface area contributed by atoms with Crippen LogP contribution in [0.4, 0.5) is 4.39 Å². The summed E-state index contributed by atoms with van der Waals surface area (Å²) in [5.74, 6) is -0.991. The first-order valence-electron chi connectivity index (χ1n) is 2.17. The van der Waals surface area contributed by atoms with Crippen LogP contribution in [0, 0.1) is 5.82 Å². The molecule has 0 aromatic carbocycles. The van der Waals surface area contributed by atoms with Crippen LogP contribution >= 0.6 is 0 Å². The molecule has 9 heavy (non-hydrogen) atoms. The highest BCUT2D eigenvalue weighted by atomic mass is 19.1. The van der Waals surface area contributed by atoms with E-state index < -0.39 is 17.1 Å². The van der Waals surface area contributed by atoms with Crippen molar-refractivity contribution in [2.45, 2.75) is 0 Å². The van der Waals surface area contributed by atoms with Gasteiger partial charge in [-0.15, -0.1) is 0 Å². The Morgan fingerprint density at radius 1 is 1.56 bits per heavy atom. The molecular weight excluding hydrogens is 127 g/mol. The molecule has 0 aliphatic carbocycles. The highest BCUT2D eigenvalue weighted by Crippen LogP contribution is 1.74. The number of hydrogen-bond donors (Lipinski definition) is 2. The molecule has 0 aliphatic heterocycles. The van der Waals surface area contributed by atoms with Crippen LogP contribution in [0.3, 0.4) is 0 Å². The van der Waals surface area contributed by atoms with Gasteiger partial charge in [-0.2, -0.15) is 4.39 Å². The van der Waals surface area contributed by atoms with Crippen molar-refractivity contribution in [2.24, 2.45) is 0 Å². The average Bonchev–Trinajstić information content (AvgIpc) is 1.80. The van der Waals surface area contributed by atoms with Gasteiger partial charge >= 0.3 is 7.12 Å². The fourth-order valence-corrected chi connectivity index (χ4v) is 0.393. The molecule has 1 aromatic heterocycles. The van der Waals surface area contributed by atoms with E-state index in [0.29, 0.717) is 6.20 Å². The second kappa shape index (κ2) is 1.85. The lowest BCUT2D eigenvalue weighted by atomic mass is 10.6. The van der Waals surface area contributed by atoms with E-state index in [1.165, 1.54) is 0 Å². The summed E-state index contributed by atoms with van der Waals surface area (Å²) in [6, 6.07) is 0. The lowest BCUT2D eigenvalue weighted by Gasteiger charge is -1.81. The molecule has 1 rings (SSSR count). The molecule has 4 nitrogen and oxygen atoms in total. The van der Waals surface area contributed by atoms with Gasteiger partial charge in [-0.25, -0.2) is 4.79 Å². The molecule has 48 valence electrons. The van der Waals surface area contributed by atoms with Gasteiger partial charge in [0.1, 0.15) is 0 Å². The summed E-state index contributed by atoms with van der Waals surface area (Å²) in [4.78, 5) is 24.0. The first-order chi connectivity index (χ1) is 4.20. The van der Waals surface area contributed by atoms with Crippen molar-refractivity contribution in [3.63, 3.8) is 0 Å². The average molecular weight is 131 g/mol. The minimum absolute atomic E-state index is 0. The van der Waals surface area contributed by atoms with Crippen LogP contribution in [-0.4, -0.2) is 9.97 Å². The van der Waals surface area contributed by atoms with Crippen LogP contribution in [0.2, 0.25) is 0 Å². The molecule has 0 atom stereocenters. The van der Waals surface area contributed by atoms with E-state index in [9.17, 15) is 14.0 Å². The van der Waals surface area contributed by atoms with E-state index in [1.54, 1.807) is 4.98 Å². The molecule has 2 N–H and O–H groups in total. The van der Waals surface area contributed by atoms with Crippen LogP contribution in [0.15, 0.2) is 15.8 Å². The van der Waals surface area contributed by atoms with Crippen molar-refractivity contribution in [3.05, 3.63) is 32.9 Å². The third kappa shape index (κ3) is 1.04. The van der Waals surface area contributed by atoms with Crippen molar-refractivity contribution in [1.82, 2.24) is 9.97 Å². The van der Waals surface area contributed by atoms with Crippen LogP contribution in [0.25, 0.3) is 0 Å². The number of aromatic amines is 2. The summed E-state index contributed by atoms with van der Waals surface area (Å²) >= 11 is 0. The van der Waals surface area contributed by atoms with Crippen molar-refractivity contribution < 1.29 is 5.82 Å². The van der Waals surface area contributed by atoms with E-state index in [-0.39, 0.29) is 1.43 Å². The Bertz CT molecular complexity index is 318. The van der Waals surface area contributed by atoms with E-state index in [0.717, 1.165) is 0 Å². The molecule has 0 radical (unpaired) electrons. The van der Waals surface area contributed by atoms with Gasteiger partial charge in [-0.3, -0.25) is 9.78 Å². The maximum atomic E-state index is 12.0. The molecular formula is C4H4FN2O2+. The third-order valence-corrected chi connectivity index (χ3v) is 0.774. The number of H-pyrrole nitrogens is 2. The molecule has 1 aromatic rings. The van der Waals surface area contributed by atoms with Crippen LogP contribution in [0.5, 0.6) is 0 Å². The van der Waals surface area contributed by atoms with Gasteiger partial charge in [0.2, 0.25) is 5.82 Å². The van der Waals surface area contributed by atoms with Crippen molar-refractivity contribution in [3.8, 4) is 0 Å². The fraction of sp³-hybridized carbons (Fsp3) is 0. The van der Waals surface area contributed by atoms with Gasteiger partial charge in [0.05, 0.1) is 0 Å². The lowest BCUT2D eigenvalue weighted by Crippen LogP contribution is -2.23. The summed E-state index contributed by atoms with van der Waals surface area (Å²) in [6.07, 6.45) is 0.709.